The van der Waals surface area contributed by atoms with Crippen molar-refractivity contribution in [3.05, 3.63) is 35.9 Å². The van der Waals surface area contributed by atoms with Gasteiger partial charge in [-0.2, -0.15) is 0 Å². The van der Waals surface area contributed by atoms with E-state index in [1.54, 1.807) is 24.3 Å². The molecule has 118 valence electrons. The molecule has 0 aliphatic rings. The van der Waals surface area contributed by atoms with Gasteiger partial charge in [0.05, 0.1) is 12.2 Å². The number of ether oxygens (including phenoxy) is 1. The lowest BCUT2D eigenvalue weighted by Crippen LogP contribution is -2.43. The van der Waals surface area contributed by atoms with Crippen LogP contribution in [0.4, 0.5) is 0 Å². The van der Waals surface area contributed by atoms with E-state index < -0.39 is 20.4 Å². The van der Waals surface area contributed by atoms with Crippen molar-refractivity contribution in [2.75, 3.05) is 13.2 Å². The molecule has 0 heterocycles. The largest absolute Gasteiger partial charge is 0.459 e. The first-order valence-electron chi connectivity index (χ1n) is 7.18. The van der Waals surface area contributed by atoms with Gasteiger partial charge in [-0.15, -0.1) is 0 Å². The molecule has 0 aliphatic heterocycles. The van der Waals surface area contributed by atoms with Gasteiger partial charge in [0.1, 0.15) is 12.7 Å². The maximum absolute atomic E-state index is 11.7. The van der Waals surface area contributed by atoms with Crippen LogP contribution in [0.5, 0.6) is 0 Å². The van der Waals surface area contributed by atoms with E-state index in [0.29, 0.717) is 5.56 Å². The van der Waals surface area contributed by atoms with Crippen LogP contribution in [-0.4, -0.2) is 38.7 Å². The van der Waals surface area contributed by atoms with Gasteiger partial charge in [0, 0.05) is 0 Å². The van der Waals surface area contributed by atoms with Gasteiger partial charge in [-0.05, 0) is 30.3 Å². The first-order chi connectivity index (χ1) is 9.63. The van der Waals surface area contributed by atoms with E-state index in [1.165, 1.54) is 0 Å². The summed E-state index contributed by atoms with van der Waals surface area (Å²) in [5, 5.41) is 9.98. The highest BCUT2D eigenvalue weighted by Crippen LogP contribution is 2.36. The van der Waals surface area contributed by atoms with Crippen molar-refractivity contribution in [2.24, 2.45) is 0 Å². The minimum atomic E-state index is -1.89. The number of rotatable bonds is 6. The molecule has 0 amide bonds. The molecule has 0 bridgehead atoms. The molecule has 0 spiro atoms. The van der Waals surface area contributed by atoms with Crippen LogP contribution in [0.25, 0.3) is 0 Å². The Labute approximate surface area is 128 Å². The van der Waals surface area contributed by atoms with Crippen molar-refractivity contribution in [3.63, 3.8) is 0 Å². The lowest BCUT2D eigenvalue weighted by Gasteiger charge is -2.36. The van der Waals surface area contributed by atoms with E-state index in [0.717, 1.165) is 0 Å². The van der Waals surface area contributed by atoms with Crippen LogP contribution in [-0.2, 0) is 9.16 Å². The smallest absolute Gasteiger partial charge is 0.338 e. The predicted octanol–water partition coefficient (Wildman–Crippen LogP) is 3.23. The number of benzene rings is 1. The highest BCUT2D eigenvalue weighted by Gasteiger charge is 2.37. The Balaban J connectivity index is 2.38. The summed E-state index contributed by atoms with van der Waals surface area (Å²) in [7, 11) is -1.89. The third kappa shape index (κ3) is 5.61. The van der Waals surface area contributed by atoms with E-state index in [4.69, 9.17) is 9.16 Å². The van der Waals surface area contributed by atoms with E-state index in [1.807, 2.05) is 6.07 Å². The molecule has 0 aliphatic carbocycles. The lowest BCUT2D eigenvalue weighted by atomic mass is 10.2. The zero-order valence-corrected chi connectivity index (χ0v) is 14.6. The van der Waals surface area contributed by atoms with Gasteiger partial charge in [-0.1, -0.05) is 39.0 Å². The number of carbonyl (C=O) groups is 1. The molecule has 0 aromatic heterocycles. The van der Waals surface area contributed by atoms with Crippen LogP contribution >= 0.6 is 0 Å². The molecule has 0 radical (unpaired) electrons. The predicted molar refractivity (Wildman–Crippen MR) is 85.9 cm³/mol. The van der Waals surface area contributed by atoms with Crippen LogP contribution in [0, 0.1) is 0 Å². The summed E-state index contributed by atoms with van der Waals surface area (Å²) < 4.78 is 11.0. The van der Waals surface area contributed by atoms with Gasteiger partial charge >= 0.3 is 5.97 Å². The molecule has 1 aromatic rings. The third-order valence-corrected chi connectivity index (χ3v) is 8.36. The van der Waals surface area contributed by atoms with E-state index >= 15 is 0 Å². The number of carbonyl (C=O) groups excluding carboxylic acids is 1. The zero-order chi connectivity index (χ0) is 16.1. The first-order valence-corrected chi connectivity index (χ1v) is 10.1. The Kier molecular flexibility index (Phi) is 6.13. The molecule has 1 unspecified atom stereocenters. The molecule has 1 atom stereocenters. The number of aliphatic hydroxyl groups is 1. The molecule has 0 saturated carbocycles. The average Bonchev–Trinajstić information content (AvgIpc) is 2.42. The fraction of sp³-hybridized carbons (Fsp3) is 0.562. The second kappa shape index (κ2) is 7.20. The SMILES string of the molecule is CC(C)(C)[Si](C)(C)OCC(O)COC(=O)c1ccccc1. The molecule has 5 heteroatoms. The summed E-state index contributed by atoms with van der Waals surface area (Å²) in [5.74, 6) is -0.429. The van der Waals surface area contributed by atoms with Crippen molar-refractivity contribution in [2.45, 2.75) is 45.0 Å². The van der Waals surface area contributed by atoms with E-state index in [9.17, 15) is 9.90 Å². The molecule has 4 nitrogen and oxygen atoms in total. The van der Waals surface area contributed by atoms with Gasteiger partial charge in [-0.25, -0.2) is 4.79 Å². The Morgan fingerprint density at radius 2 is 1.76 bits per heavy atom. The van der Waals surface area contributed by atoms with Crippen molar-refractivity contribution in [1.82, 2.24) is 0 Å². The van der Waals surface area contributed by atoms with Crippen LogP contribution in [0.3, 0.4) is 0 Å². The van der Waals surface area contributed by atoms with Crippen LogP contribution < -0.4 is 0 Å². The Morgan fingerprint density at radius 3 is 2.29 bits per heavy atom. The van der Waals surface area contributed by atoms with Crippen molar-refractivity contribution < 1.29 is 19.1 Å². The Morgan fingerprint density at radius 1 is 1.19 bits per heavy atom. The van der Waals surface area contributed by atoms with Gasteiger partial charge in [0.2, 0.25) is 0 Å². The Hall–Kier alpha value is -1.17. The van der Waals surface area contributed by atoms with Crippen molar-refractivity contribution in [3.8, 4) is 0 Å². The highest BCUT2D eigenvalue weighted by atomic mass is 28.4. The van der Waals surface area contributed by atoms with Crippen molar-refractivity contribution in [1.29, 1.82) is 0 Å². The summed E-state index contributed by atoms with van der Waals surface area (Å²) in [5.41, 5.74) is 0.481. The topological polar surface area (TPSA) is 55.8 Å². The second-order valence-corrected chi connectivity index (χ2v) is 11.5. The molecule has 1 rings (SSSR count). The highest BCUT2D eigenvalue weighted by molar-refractivity contribution is 6.74. The van der Waals surface area contributed by atoms with Gasteiger partial charge in [0.25, 0.3) is 0 Å². The monoisotopic (exact) mass is 310 g/mol. The minimum absolute atomic E-state index is 0.0532. The molecular weight excluding hydrogens is 284 g/mol. The summed E-state index contributed by atoms with van der Waals surface area (Å²) in [6.45, 7) is 10.8. The number of hydrogen-bond donors (Lipinski definition) is 1. The van der Waals surface area contributed by atoms with E-state index in [-0.39, 0.29) is 18.3 Å². The second-order valence-electron chi connectivity index (χ2n) is 6.69. The normalized spacial score (nSPS) is 13.8. The standard InChI is InChI=1S/C16H26O4Si/c1-16(2,3)21(4,5)20-12-14(17)11-19-15(18)13-9-7-6-8-10-13/h6-10,14,17H,11-12H2,1-5H3. The number of esters is 1. The molecule has 21 heavy (non-hydrogen) atoms. The molecule has 0 fully saturated rings. The first kappa shape index (κ1) is 17.9. The molecule has 0 saturated heterocycles. The van der Waals surface area contributed by atoms with Crippen LogP contribution in [0.1, 0.15) is 31.1 Å². The number of aliphatic hydroxyl groups excluding tert-OH is 1. The zero-order valence-electron chi connectivity index (χ0n) is 13.6. The lowest BCUT2D eigenvalue weighted by molar-refractivity contribution is 0.0112. The Bertz CT molecular complexity index is 451. The van der Waals surface area contributed by atoms with Crippen molar-refractivity contribution >= 4 is 14.3 Å². The maximum Gasteiger partial charge on any atom is 0.338 e. The quantitative estimate of drug-likeness (QED) is 0.647. The summed E-state index contributed by atoms with van der Waals surface area (Å²) >= 11 is 0. The van der Waals surface area contributed by atoms with Gasteiger partial charge in [0.15, 0.2) is 8.32 Å². The molecule has 1 aromatic carbocycles. The minimum Gasteiger partial charge on any atom is -0.459 e. The van der Waals surface area contributed by atoms with Gasteiger partial charge < -0.3 is 14.3 Å². The maximum atomic E-state index is 11.7. The summed E-state index contributed by atoms with van der Waals surface area (Å²) in [4.78, 5) is 11.7. The molecular formula is C16H26O4Si. The summed E-state index contributed by atoms with van der Waals surface area (Å²) in [6.07, 6.45) is -0.799. The number of hydrogen-bond acceptors (Lipinski definition) is 4. The fourth-order valence-corrected chi connectivity index (χ4v) is 2.44. The fourth-order valence-electron chi connectivity index (χ4n) is 1.40. The van der Waals surface area contributed by atoms with E-state index in [2.05, 4.69) is 33.9 Å². The summed E-state index contributed by atoms with van der Waals surface area (Å²) in [6, 6.07) is 8.74. The third-order valence-electron chi connectivity index (χ3n) is 3.86. The molecule has 1 N–H and O–H groups in total. The van der Waals surface area contributed by atoms with Gasteiger partial charge in [-0.3, -0.25) is 0 Å². The van der Waals surface area contributed by atoms with Crippen LogP contribution in [0.2, 0.25) is 18.1 Å². The van der Waals surface area contributed by atoms with Crippen LogP contribution in [0.15, 0.2) is 30.3 Å². The average molecular weight is 310 g/mol.